The molecule has 0 saturated carbocycles. The van der Waals surface area contributed by atoms with Crippen molar-refractivity contribution in [3.05, 3.63) is 0 Å². The molecule has 1 heterocycles. The fourth-order valence-corrected chi connectivity index (χ4v) is 2.51. The van der Waals surface area contributed by atoms with Crippen molar-refractivity contribution in [1.82, 2.24) is 0 Å². The third-order valence-electron chi connectivity index (χ3n) is 3.96. The molecule has 4 atom stereocenters. The zero-order chi connectivity index (χ0) is 16.4. The third kappa shape index (κ3) is 7.05. The van der Waals surface area contributed by atoms with E-state index >= 15 is 0 Å². The van der Waals surface area contributed by atoms with Crippen LogP contribution in [0.1, 0.15) is 58.3 Å². The lowest BCUT2D eigenvalue weighted by atomic mass is 10.1. The molecule has 0 aliphatic carbocycles. The molecule has 0 amide bonds. The van der Waals surface area contributed by atoms with Gasteiger partial charge in [-0.25, -0.2) is 0 Å². The van der Waals surface area contributed by atoms with Crippen LogP contribution in [0.15, 0.2) is 0 Å². The molecule has 0 spiro atoms. The van der Waals surface area contributed by atoms with E-state index in [1.54, 1.807) is 0 Å². The Bertz CT molecular complexity index is 309. The Labute approximate surface area is 132 Å². The van der Waals surface area contributed by atoms with Gasteiger partial charge >= 0.3 is 5.97 Å². The molecule has 0 aromatic rings. The van der Waals surface area contributed by atoms with Crippen LogP contribution in [-0.2, 0) is 14.3 Å². The highest BCUT2D eigenvalue weighted by Crippen LogP contribution is 2.15. The van der Waals surface area contributed by atoms with Crippen LogP contribution in [0.2, 0.25) is 0 Å². The van der Waals surface area contributed by atoms with Crippen LogP contribution in [0.4, 0.5) is 0 Å². The maximum Gasteiger partial charge on any atom is 0.306 e. The standard InChI is InChI=1S/C16H30O6/c1-2-3-4-5-6-7-8-9-14(18)22-13-11-21-10-12(17)15(19)16(13)20/h12-13,15-17,19-20H,2-11H2,1H3/t12-,13-,15-,16-/m1/s1. The van der Waals surface area contributed by atoms with Gasteiger partial charge in [-0.2, -0.15) is 0 Å². The second-order valence-electron chi connectivity index (χ2n) is 5.99. The molecule has 22 heavy (non-hydrogen) atoms. The van der Waals surface area contributed by atoms with Gasteiger partial charge in [-0.3, -0.25) is 4.79 Å². The van der Waals surface area contributed by atoms with Crippen molar-refractivity contribution in [1.29, 1.82) is 0 Å². The topological polar surface area (TPSA) is 96.2 Å². The first-order valence-electron chi connectivity index (χ1n) is 8.37. The van der Waals surface area contributed by atoms with Gasteiger partial charge in [0.25, 0.3) is 0 Å². The van der Waals surface area contributed by atoms with Gasteiger partial charge in [0.05, 0.1) is 13.2 Å². The largest absolute Gasteiger partial charge is 0.457 e. The number of unbranched alkanes of at least 4 members (excludes halogenated alkanes) is 6. The Morgan fingerprint density at radius 2 is 1.64 bits per heavy atom. The summed E-state index contributed by atoms with van der Waals surface area (Å²) in [6.45, 7) is 2.08. The van der Waals surface area contributed by atoms with Crippen molar-refractivity contribution in [3.63, 3.8) is 0 Å². The number of aliphatic hydroxyl groups is 3. The van der Waals surface area contributed by atoms with Gasteiger partial charge in [-0.05, 0) is 6.42 Å². The van der Waals surface area contributed by atoms with E-state index in [4.69, 9.17) is 9.47 Å². The zero-order valence-corrected chi connectivity index (χ0v) is 13.4. The normalized spacial score (nSPS) is 29.1. The number of hydrogen-bond acceptors (Lipinski definition) is 6. The maximum atomic E-state index is 11.8. The molecule has 1 aliphatic heterocycles. The van der Waals surface area contributed by atoms with Gasteiger partial charge < -0.3 is 24.8 Å². The van der Waals surface area contributed by atoms with Gasteiger partial charge in [-0.1, -0.05) is 45.4 Å². The second kappa shape index (κ2) is 10.9. The SMILES string of the molecule is CCCCCCCCCC(=O)O[C@@H]1COC[C@@H](O)[C@@H](O)[C@@H]1O. The van der Waals surface area contributed by atoms with Crippen molar-refractivity contribution >= 4 is 5.97 Å². The van der Waals surface area contributed by atoms with E-state index in [9.17, 15) is 20.1 Å². The van der Waals surface area contributed by atoms with Crippen LogP contribution in [0.5, 0.6) is 0 Å². The number of carbonyl (C=O) groups excluding carboxylic acids is 1. The van der Waals surface area contributed by atoms with Crippen LogP contribution in [0, 0.1) is 0 Å². The van der Waals surface area contributed by atoms with E-state index in [0.717, 1.165) is 19.3 Å². The van der Waals surface area contributed by atoms with Crippen LogP contribution in [0.3, 0.4) is 0 Å². The van der Waals surface area contributed by atoms with Crippen molar-refractivity contribution in [2.45, 2.75) is 82.7 Å². The number of aliphatic hydroxyl groups excluding tert-OH is 3. The first kappa shape index (κ1) is 19.4. The Hall–Kier alpha value is -0.690. The molecule has 1 saturated heterocycles. The summed E-state index contributed by atoms with van der Waals surface area (Å²) in [6.07, 6.45) is 3.32. The van der Waals surface area contributed by atoms with Crippen molar-refractivity contribution in [2.75, 3.05) is 13.2 Å². The summed E-state index contributed by atoms with van der Waals surface area (Å²) in [7, 11) is 0. The summed E-state index contributed by atoms with van der Waals surface area (Å²) in [5.74, 6) is -0.398. The highest BCUT2D eigenvalue weighted by atomic mass is 16.6. The predicted molar refractivity (Wildman–Crippen MR) is 81.3 cm³/mol. The Morgan fingerprint density at radius 1 is 1.00 bits per heavy atom. The average molecular weight is 318 g/mol. The molecule has 1 rings (SSSR count). The van der Waals surface area contributed by atoms with Gasteiger partial charge in [-0.15, -0.1) is 0 Å². The molecule has 0 bridgehead atoms. The van der Waals surface area contributed by atoms with E-state index in [1.807, 2.05) is 0 Å². The molecule has 6 nitrogen and oxygen atoms in total. The molecule has 0 aromatic carbocycles. The fraction of sp³-hybridized carbons (Fsp3) is 0.938. The average Bonchev–Trinajstić information content (AvgIpc) is 2.61. The van der Waals surface area contributed by atoms with Gasteiger partial charge in [0.2, 0.25) is 0 Å². The van der Waals surface area contributed by atoms with E-state index in [0.29, 0.717) is 6.42 Å². The van der Waals surface area contributed by atoms with Crippen LogP contribution in [0.25, 0.3) is 0 Å². The second-order valence-corrected chi connectivity index (χ2v) is 5.99. The lowest BCUT2D eigenvalue weighted by molar-refractivity contribution is -0.163. The summed E-state index contributed by atoms with van der Waals surface area (Å²) in [4.78, 5) is 11.8. The summed E-state index contributed by atoms with van der Waals surface area (Å²) in [5, 5.41) is 29.0. The lowest BCUT2D eigenvalue weighted by Crippen LogP contribution is -2.45. The predicted octanol–water partition coefficient (Wildman–Crippen LogP) is 1.15. The van der Waals surface area contributed by atoms with E-state index in [2.05, 4.69) is 6.92 Å². The zero-order valence-electron chi connectivity index (χ0n) is 13.4. The summed E-state index contributed by atoms with van der Waals surface area (Å²) < 4.78 is 10.3. The van der Waals surface area contributed by atoms with Crippen LogP contribution >= 0.6 is 0 Å². The quantitative estimate of drug-likeness (QED) is 0.436. The number of rotatable bonds is 9. The van der Waals surface area contributed by atoms with Gasteiger partial charge in [0, 0.05) is 6.42 Å². The minimum atomic E-state index is -1.36. The third-order valence-corrected chi connectivity index (χ3v) is 3.96. The van der Waals surface area contributed by atoms with Gasteiger partial charge in [0.1, 0.15) is 18.3 Å². The lowest BCUT2D eigenvalue weighted by Gasteiger charge is -2.24. The molecule has 1 fully saturated rings. The molecule has 0 unspecified atom stereocenters. The van der Waals surface area contributed by atoms with E-state index < -0.39 is 30.4 Å². The Morgan fingerprint density at radius 3 is 2.32 bits per heavy atom. The summed E-state index contributed by atoms with van der Waals surface area (Å²) in [5.41, 5.74) is 0. The van der Waals surface area contributed by atoms with Crippen LogP contribution < -0.4 is 0 Å². The smallest absolute Gasteiger partial charge is 0.306 e. The molecule has 0 aromatic heterocycles. The highest BCUT2D eigenvalue weighted by molar-refractivity contribution is 5.69. The Kier molecular flexibility index (Phi) is 9.63. The number of hydrogen-bond donors (Lipinski definition) is 3. The van der Waals surface area contributed by atoms with Crippen molar-refractivity contribution in [3.8, 4) is 0 Å². The Balaban J connectivity index is 2.18. The van der Waals surface area contributed by atoms with Gasteiger partial charge in [0.15, 0.2) is 6.10 Å². The molecule has 0 radical (unpaired) electrons. The minimum Gasteiger partial charge on any atom is -0.457 e. The molecular weight excluding hydrogens is 288 g/mol. The molecule has 1 aliphatic rings. The number of carbonyl (C=O) groups is 1. The minimum absolute atomic E-state index is 0.0158. The fourth-order valence-electron chi connectivity index (χ4n) is 2.51. The summed E-state index contributed by atoms with van der Waals surface area (Å²) in [6, 6.07) is 0. The van der Waals surface area contributed by atoms with E-state index in [1.165, 1.54) is 25.7 Å². The van der Waals surface area contributed by atoms with E-state index in [-0.39, 0.29) is 13.2 Å². The monoisotopic (exact) mass is 318 g/mol. The van der Waals surface area contributed by atoms with Crippen LogP contribution in [-0.4, -0.2) is 58.9 Å². The first-order chi connectivity index (χ1) is 10.6. The molecule has 6 heteroatoms. The van der Waals surface area contributed by atoms with Crippen molar-refractivity contribution < 1.29 is 29.6 Å². The maximum absolute atomic E-state index is 11.8. The molecule has 3 N–H and O–H groups in total. The summed E-state index contributed by atoms with van der Waals surface area (Å²) >= 11 is 0. The number of ether oxygens (including phenoxy) is 2. The van der Waals surface area contributed by atoms with Crippen molar-refractivity contribution in [2.24, 2.45) is 0 Å². The number of esters is 1. The first-order valence-corrected chi connectivity index (χ1v) is 8.37. The molecule has 130 valence electrons. The molecular formula is C16H30O6. The highest BCUT2D eigenvalue weighted by Gasteiger charge is 2.36.